The number of rotatable bonds is 5. The fourth-order valence-electron chi connectivity index (χ4n) is 2.58. The van der Waals surface area contributed by atoms with Gasteiger partial charge in [0.05, 0.1) is 0 Å². The zero-order chi connectivity index (χ0) is 18.2. The van der Waals surface area contributed by atoms with Crippen LogP contribution in [0, 0.1) is 11.6 Å². The summed E-state index contributed by atoms with van der Waals surface area (Å²) in [5, 5.41) is 0.489. The van der Waals surface area contributed by atoms with Gasteiger partial charge in [0.2, 0.25) is 10.0 Å². The van der Waals surface area contributed by atoms with E-state index in [1.54, 1.807) is 22.9 Å². The number of nitrogens with zero attached hydrogens (tertiary/aromatic N) is 2. The summed E-state index contributed by atoms with van der Waals surface area (Å²) in [6, 6.07) is 6.38. The third-order valence-electron chi connectivity index (χ3n) is 3.87. The average Bonchev–Trinajstić information content (AvgIpc) is 2.95. The molecule has 5 nitrogen and oxygen atoms in total. The Morgan fingerprint density at radius 2 is 2.00 bits per heavy atom. The van der Waals surface area contributed by atoms with E-state index in [4.69, 9.17) is 0 Å². The van der Waals surface area contributed by atoms with Gasteiger partial charge in [-0.25, -0.2) is 26.9 Å². The Morgan fingerprint density at radius 3 is 2.68 bits per heavy atom. The molecule has 0 aliphatic carbocycles. The molecule has 3 aromatic rings. The molecule has 0 saturated heterocycles. The van der Waals surface area contributed by atoms with Crippen LogP contribution in [-0.4, -0.2) is 18.0 Å². The number of fused-ring (bicyclic) bond motifs is 1. The van der Waals surface area contributed by atoms with Crippen molar-refractivity contribution in [2.75, 3.05) is 0 Å². The fraction of sp³-hybridized carbons (Fsp3) is 0.235. The van der Waals surface area contributed by atoms with Gasteiger partial charge in [0.15, 0.2) is 0 Å². The predicted octanol–water partition coefficient (Wildman–Crippen LogP) is 3.37. The van der Waals surface area contributed by atoms with Crippen molar-refractivity contribution in [3.63, 3.8) is 0 Å². The van der Waals surface area contributed by atoms with Crippen molar-refractivity contribution in [3.8, 4) is 0 Å². The number of sulfonamides is 1. The second-order valence-electron chi connectivity index (χ2n) is 5.93. The maximum absolute atomic E-state index is 13.7. The minimum Gasteiger partial charge on any atom is -0.329 e. The summed E-state index contributed by atoms with van der Waals surface area (Å²) in [4.78, 5) is 4.32. The minimum atomic E-state index is -3.90. The van der Waals surface area contributed by atoms with Gasteiger partial charge in [0.1, 0.15) is 22.2 Å². The lowest BCUT2D eigenvalue weighted by Gasteiger charge is -2.08. The Kier molecular flexibility index (Phi) is 4.57. The summed E-state index contributed by atoms with van der Waals surface area (Å²) in [6.07, 6.45) is 3.12. The minimum absolute atomic E-state index is 0.0240. The Bertz CT molecular complexity index is 1030. The standard InChI is InChI=1S/C17H17F2N3O2S/c1-11(2)22-10-16(14-4-3-7-20-17(14)22)25(23,24)21-9-12-5-6-13(18)8-15(12)19/h3-8,10-11,21H,9H2,1-2H3. The lowest BCUT2D eigenvalue weighted by molar-refractivity contribution is 0.562. The van der Waals surface area contributed by atoms with E-state index in [1.165, 1.54) is 12.3 Å². The van der Waals surface area contributed by atoms with E-state index in [-0.39, 0.29) is 23.0 Å². The quantitative estimate of drug-likeness (QED) is 0.754. The second kappa shape index (κ2) is 6.53. The highest BCUT2D eigenvalue weighted by molar-refractivity contribution is 7.89. The fourth-order valence-corrected chi connectivity index (χ4v) is 3.78. The topological polar surface area (TPSA) is 64.0 Å². The molecular weight excluding hydrogens is 348 g/mol. The summed E-state index contributed by atoms with van der Waals surface area (Å²) in [7, 11) is -3.90. The molecule has 0 atom stereocenters. The molecule has 0 amide bonds. The molecule has 132 valence electrons. The van der Waals surface area contributed by atoms with Gasteiger partial charge in [-0.3, -0.25) is 0 Å². The molecule has 0 fully saturated rings. The van der Waals surface area contributed by atoms with E-state index in [9.17, 15) is 17.2 Å². The lowest BCUT2D eigenvalue weighted by Crippen LogP contribution is -2.23. The summed E-state index contributed by atoms with van der Waals surface area (Å²) < 4.78 is 56.2. The SMILES string of the molecule is CC(C)n1cc(S(=O)(=O)NCc2ccc(F)cc2F)c2cccnc21. The molecule has 0 radical (unpaired) electrons. The van der Waals surface area contributed by atoms with Crippen LogP contribution in [0.5, 0.6) is 0 Å². The van der Waals surface area contributed by atoms with Crippen molar-refractivity contribution in [1.82, 2.24) is 14.3 Å². The largest absolute Gasteiger partial charge is 0.329 e. The third-order valence-corrected chi connectivity index (χ3v) is 5.30. The van der Waals surface area contributed by atoms with E-state index in [2.05, 4.69) is 9.71 Å². The van der Waals surface area contributed by atoms with Crippen molar-refractivity contribution in [2.45, 2.75) is 31.3 Å². The van der Waals surface area contributed by atoms with Gasteiger partial charge < -0.3 is 4.57 Å². The second-order valence-corrected chi connectivity index (χ2v) is 7.66. The van der Waals surface area contributed by atoms with Crippen LogP contribution in [0.15, 0.2) is 47.6 Å². The first kappa shape index (κ1) is 17.5. The molecule has 25 heavy (non-hydrogen) atoms. The summed E-state index contributed by atoms with van der Waals surface area (Å²) >= 11 is 0. The van der Waals surface area contributed by atoms with Crippen LogP contribution in [-0.2, 0) is 16.6 Å². The van der Waals surface area contributed by atoms with Gasteiger partial charge in [0.25, 0.3) is 0 Å². The molecule has 1 N–H and O–H groups in total. The molecule has 2 heterocycles. The Labute approximate surface area is 144 Å². The van der Waals surface area contributed by atoms with Crippen LogP contribution in [0.2, 0.25) is 0 Å². The Morgan fingerprint density at radius 1 is 1.24 bits per heavy atom. The van der Waals surface area contributed by atoms with Crippen molar-refractivity contribution in [2.24, 2.45) is 0 Å². The van der Waals surface area contributed by atoms with E-state index in [0.717, 1.165) is 12.1 Å². The first-order chi connectivity index (χ1) is 11.8. The highest BCUT2D eigenvalue weighted by atomic mass is 32.2. The molecule has 8 heteroatoms. The monoisotopic (exact) mass is 365 g/mol. The van der Waals surface area contributed by atoms with E-state index >= 15 is 0 Å². The van der Waals surface area contributed by atoms with Crippen molar-refractivity contribution in [3.05, 3.63) is 59.9 Å². The molecule has 0 bridgehead atoms. The van der Waals surface area contributed by atoms with Crippen molar-refractivity contribution >= 4 is 21.1 Å². The molecule has 0 unspecified atom stereocenters. The summed E-state index contributed by atoms with van der Waals surface area (Å²) in [6.45, 7) is 3.57. The number of nitrogens with one attached hydrogen (secondary N) is 1. The highest BCUT2D eigenvalue weighted by Gasteiger charge is 2.22. The Hall–Kier alpha value is -2.32. The normalized spacial score (nSPS) is 12.2. The first-order valence-electron chi connectivity index (χ1n) is 7.69. The number of hydrogen-bond acceptors (Lipinski definition) is 3. The molecule has 0 saturated carbocycles. The van der Waals surface area contributed by atoms with Crippen LogP contribution in [0.3, 0.4) is 0 Å². The number of halogens is 2. The number of hydrogen-bond donors (Lipinski definition) is 1. The van der Waals surface area contributed by atoms with Gasteiger partial charge in [-0.2, -0.15) is 0 Å². The maximum Gasteiger partial charge on any atom is 0.243 e. The number of pyridine rings is 1. The lowest BCUT2D eigenvalue weighted by atomic mass is 10.2. The van der Waals surface area contributed by atoms with E-state index in [0.29, 0.717) is 11.0 Å². The maximum atomic E-state index is 13.7. The average molecular weight is 365 g/mol. The number of aromatic nitrogens is 2. The first-order valence-corrected chi connectivity index (χ1v) is 9.17. The summed E-state index contributed by atoms with van der Waals surface area (Å²) in [5.74, 6) is -1.51. The predicted molar refractivity (Wildman–Crippen MR) is 90.5 cm³/mol. The van der Waals surface area contributed by atoms with Gasteiger partial charge in [-0.15, -0.1) is 0 Å². The van der Waals surface area contributed by atoms with Gasteiger partial charge >= 0.3 is 0 Å². The third kappa shape index (κ3) is 3.40. The molecule has 2 aromatic heterocycles. The van der Waals surface area contributed by atoms with Crippen LogP contribution < -0.4 is 4.72 Å². The van der Waals surface area contributed by atoms with E-state index < -0.39 is 21.7 Å². The molecule has 0 spiro atoms. The zero-order valence-corrected chi connectivity index (χ0v) is 14.5. The molecule has 1 aromatic carbocycles. The van der Waals surface area contributed by atoms with Gasteiger partial charge in [-0.05, 0) is 32.0 Å². The van der Waals surface area contributed by atoms with Crippen molar-refractivity contribution in [1.29, 1.82) is 0 Å². The van der Waals surface area contributed by atoms with Gasteiger partial charge in [-0.1, -0.05) is 6.07 Å². The van der Waals surface area contributed by atoms with Crippen molar-refractivity contribution < 1.29 is 17.2 Å². The summed E-state index contributed by atoms with van der Waals surface area (Å²) in [5.41, 5.74) is 0.626. The Balaban J connectivity index is 1.96. The molecule has 0 aliphatic rings. The van der Waals surface area contributed by atoms with E-state index in [1.807, 2.05) is 13.8 Å². The molecule has 3 rings (SSSR count). The number of benzene rings is 1. The highest BCUT2D eigenvalue weighted by Crippen LogP contribution is 2.26. The van der Waals surface area contributed by atoms with Crippen LogP contribution in [0.1, 0.15) is 25.5 Å². The van der Waals surface area contributed by atoms with Gasteiger partial charge in [0, 0.05) is 42.0 Å². The zero-order valence-electron chi connectivity index (χ0n) is 13.7. The van der Waals surface area contributed by atoms with Crippen LogP contribution in [0.4, 0.5) is 8.78 Å². The molecule has 0 aliphatic heterocycles. The smallest absolute Gasteiger partial charge is 0.243 e. The molecular formula is C17H17F2N3O2S. The van der Waals surface area contributed by atoms with Crippen LogP contribution >= 0.6 is 0 Å². The van der Waals surface area contributed by atoms with Crippen LogP contribution in [0.25, 0.3) is 11.0 Å².